The van der Waals surface area contributed by atoms with Crippen LogP contribution < -0.4 is 5.73 Å². The van der Waals surface area contributed by atoms with E-state index in [0.29, 0.717) is 25.4 Å². The van der Waals surface area contributed by atoms with Gasteiger partial charge in [-0.2, -0.15) is 5.10 Å². The van der Waals surface area contributed by atoms with Crippen molar-refractivity contribution in [1.29, 1.82) is 0 Å². The van der Waals surface area contributed by atoms with Crippen molar-refractivity contribution in [2.75, 3.05) is 19.8 Å². The second-order valence-electron chi connectivity index (χ2n) is 11.1. The van der Waals surface area contributed by atoms with Crippen molar-refractivity contribution in [3.63, 3.8) is 0 Å². The lowest BCUT2D eigenvalue weighted by atomic mass is 9.84. The molecule has 1 fully saturated rings. The smallest absolute Gasteiger partial charge is 0.252 e. The zero-order valence-electron chi connectivity index (χ0n) is 22.6. The molecule has 3 atom stereocenters. The molecule has 7 nitrogen and oxygen atoms in total. The SMILES string of the molecule is CC(C)(C)[C@H](c1nc(-c2cc(F)ccc2F)nn1Cc1ccccc1)N(CCC(N)CF)C(=O)C1CCCO1. The van der Waals surface area contributed by atoms with E-state index in [0.717, 1.165) is 30.2 Å². The minimum Gasteiger partial charge on any atom is -0.368 e. The molecule has 0 spiro atoms. The maximum atomic E-state index is 14.8. The largest absolute Gasteiger partial charge is 0.368 e. The van der Waals surface area contributed by atoms with Crippen LogP contribution >= 0.6 is 0 Å². The van der Waals surface area contributed by atoms with Crippen molar-refractivity contribution >= 4 is 5.91 Å². The summed E-state index contributed by atoms with van der Waals surface area (Å²) >= 11 is 0. The molecule has 0 saturated carbocycles. The van der Waals surface area contributed by atoms with Gasteiger partial charge in [-0.1, -0.05) is 51.1 Å². The number of hydrogen-bond acceptors (Lipinski definition) is 5. The third-order valence-corrected chi connectivity index (χ3v) is 6.85. The molecule has 4 rings (SSSR count). The zero-order valence-corrected chi connectivity index (χ0v) is 22.6. The summed E-state index contributed by atoms with van der Waals surface area (Å²) < 4.78 is 49.6. The number of amides is 1. The molecular formula is C29H36F3N5O2. The summed E-state index contributed by atoms with van der Waals surface area (Å²) in [5.41, 5.74) is 6.17. The lowest BCUT2D eigenvalue weighted by Gasteiger charge is -2.41. The highest BCUT2D eigenvalue weighted by atomic mass is 19.1. The Labute approximate surface area is 227 Å². The van der Waals surface area contributed by atoms with E-state index in [9.17, 15) is 18.0 Å². The Balaban J connectivity index is 1.86. The molecule has 0 bridgehead atoms. The van der Waals surface area contributed by atoms with Crippen LogP contribution in [-0.4, -0.2) is 57.5 Å². The fourth-order valence-corrected chi connectivity index (χ4v) is 4.91. The number of rotatable bonds is 10. The minimum absolute atomic E-state index is 0.0113. The molecule has 3 aromatic rings. The number of hydrogen-bond donors (Lipinski definition) is 1. The standard InChI is InChI=1S/C29H36F3N5O2/c1-29(2,3)25(36(14-13-21(33)17-30)28(38)24-10-7-15-39-24)27-34-26(22-16-20(31)11-12-23(22)32)35-37(27)18-19-8-5-4-6-9-19/h4-6,8-9,11-12,16,21,24-25H,7,10,13-15,17-18,33H2,1-3H3/t21?,24?,25-/m0/s1. The van der Waals surface area contributed by atoms with Crippen molar-refractivity contribution in [2.24, 2.45) is 11.1 Å². The predicted octanol–water partition coefficient (Wildman–Crippen LogP) is 5.05. The first-order chi connectivity index (χ1) is 18.6. The maximum Gasteiger partial charge on any atom is 0.252 e. The number of nitrogens with zero attached hydrogens (tertiary/aromatic N) is 4. The average molecular weight is 544 g/mol. The van der Waals surface area contributed by atoms with Gasteiger partial charge < -0.3 is 15.4 Å². The Kier molecular flexibility index (Phi) is 9.07. The Morgan fingerprint density at radius 2 is 1.95 bits per heavy atom. The van der Waals surface area contributed by atoms with E-state index in [4.69, 9.17) is 15.5 Å². The van der Waals surface area contributed by atoms with E-state index < -0.39 is 41.9 Å². The van der Waals surface area contributed by atoms with Gasteiger partial charge in [-0.15, -0.1) is 0 Å². The van der Waals surface area contributed by atoms with Gasteiger partial charge in [0, 0.05) is 19.2 Å². The second kappa shape index (κ2) is 12.3. The molecule has 1 amide bonds. The van der Waals surface area contributed by atoms with Crippen LogP contribution in [0.3, 0.4) is 0 Å². The van der Waals surface area contributed by atoms with Crippen LogP contribution in [0.2, 0.25) is 0 Å². The van der Waals surface area contributed by atoms with E-state index in [2.05, 4.69) is 5.10 Å². The summed E-state index contributed by atoms with van der Waals surface area (Å²) in [5, 5.41) is 4.61. The molecule has 0 radical (unpaired) electrons. The number of aromatic nitrogens is 3. The molecule has 1 aliphatic heterocycles. The van der Waals surface area contributed by atoms with Crippen molar-refractivity contribution in [1.82, 2.24) is 19.7 Å². The molecule has 10 heteroatoms. The van der Waals surface area contributed by atoms with Gasteiger partial charge in [0.1, 0.15) is 24.4 Å². The number of carbonyl (C=O) groups excluding carboxylic acids is 1. The molecule has 1 saturated heterocycles. The molecule has 39 heavy (non-hydrogen) atoms. The van der Waals surface area contributed by atoms with E-state index in [-0.39, 0.29) is 30.3 Å². The van der Waals surface area contributed by atoms with Gasteiger partial charge in [-0.3, -0.25) is 4.79 Å². The molecule has 2 heterocycles. The first kappa shape index (κ1) is 28.8. The molecule has 2 N–H and O–H groups in total. The summed E-state index contributed by atoms with van der Waals surface area (Å²) in [4.78, 5) is 20.2. The molecular weight excluding hydrogens is 507 g/mol. The molecule has 2 unspecified atom stereocenters. The van der Waals surface area contributed by atoms with E-state index in [1.54, 1.807) is 9.58 Å². The highest BCUT2D eigenvalue weighted by molar-refractivity contribution is 5.81. The van der Waals surface area contributed by atoms with Crippen LogP contribution in [0, 0.1) is 17.0 Å². The van der Waals surface area contributed by atoms with Gasteiger partial charge in [-0.25, -0.2) is 22.8 Å². The molecule has 1 aromatic heterocycles. The summed E-state index contributed by atoms with van der Waals surface area (Å²) in [6.07, 6.45) is 0.959. The number of carbonyl (C=O) groups is 1. The highest BCUT2D eigenvalue weighted by Crippen LogP contribution is 2.40. The third kappa shape index (κ3) is 6.86. The second-order valence-corrected chi connectivity index (χ2v) is 11.1. The molecule has 1 aliphatic rings. The number of benzene rings is 2. The van der Waals surface area contributed by atoms with E-state index >= 15 is 0 Å². The van der Waals surface area contributed by atoms with Gasteiger partial charge >= 0.3 is 0 Å². The van der Waals surface area contributed by atoms with Gasteiger partial charge in [0.25, 0.3) is 5.91 Å². The molecule has 210 valence electrons. The Hall–Kier alpha value is -3.24. The summed E-state index contributed by atoms with van der Waals surface area (Å²) in [6.45, 7) is 6.13. The Morgan fingerprint density at radius 1 is 1.21 bits per heavy atom. The topological polar surface area (TPSA) is 86.3 Å². The van der Waals surface area contributed by atoms with Crippen molar-refractivity contribution in [3.8, 4) is 11.4 Å². The van der Waals surface area contributed by atoms with Crippen molar-refractivity contribution in [3.05, 3.63) is 71.6 Å². The zero-order chi connectivity index (χ0) is 28.2. The first-order valence-electron chi connectivity index (χ1n) is 13.3. The minimum atomic E-state index is -0.732. The fourth-order valence-electron chi connectivity index (χ4n) is 4.91. The number of alkyl halides is 1. The lowest BCUT2D eigenvalue weighted by Crippen LogP contribution is -2.48. The van der Waals surface area contributed by atoms with E-state index in [1.165, 1.54) is 0 Å². The Bertz CT molecular complexity index is 1260. The monoisotopic (exact) mass is 543 g/mol. The Morgan fingerprint density at radius 3 is 2.59 bits per heavy atom. The number of halogens is 3. The lowest BCUT2D eigenvalue weighted by molar-refractivity contribution is -0.146. The fraction of sp³-hybridized carbons (Fsp3) is 0.483. The van der Waals surface area contributed by atoms with Crippen molar-refractivity contribution < 1.29 is 22.7 Å². The summed E-state index contributed by atoms with van der Waals surface area (Å²) in [6, 6.07) is 11.3. The van der Waals surface area contributed by atoms with Gasteiger partial charge in [0.2, 0.25) is 0 Å². The maximum absolute atomic E-state index is 14.8. The number of nitrogens with two attached hydrogens (primary N) is 1. The van der Waals surface area contributed by atoms with Crippen LogP contribution in [0.5, 0.6) is 0 Å². The van der Waals surface area contributed by atoms with Crippen LogP contribution in [0.25, 0.3) is 11.4 Å². The summed E-state index contributed by atoms with van der Waals surface area (Å²) in [5.74, 6) is -1.09. The van der Waals surface area contributed by atoms with Gasteiger partial charge in [0.15, 0.2) is 11.6 Å². The molecule has 2 aromatic carbocycles. The third-order valence-electron chi connectivity index (χ3n) is 6.85. The van der Waals surface area contributed by atoms with Crippen LogP contribution in [0.1, 0.15) is 57.5 Å². The van der Waals surface area contributed by atoms with Gasteiger partial charge in [-0.05, 0) is 48.4 Å². The van der Waals surface area contributed by atoms with Crippen LogP contribution in [-0.2, 0) is 16.1 Å². The van der Waals surface area contributed by atoms with E-state index in [1.807, 2.05) is 51.1 Å². The predicted molar refractivity (Wildman–Crippen MR) is 142 cm³/mol. The first-order valence-corrected chi connectivity index (χ1v) is 13.3. The van der Waals surface area contributed by atoms with Crippen molar-refractivity contribution in [2.45, 2.75) is 64.8 Å². The van der Waals surface area contributed by atoms with Crippen LogP contribution in [0.15, 0.2) is 48.5 Å². The van der Waals surface area contributed by atoms with Gasteiger partial charge in [0.05, 0.1) is 18.2 Å². The quantitative estimate of drug-likeness (QED) is 0.387. The highest BCUT2D eigenvalue weighted by Gasteiger charge is 2.41. The average Bonchev–Trinajstić information content (AvgIpc) is 3.58. The summed E-state index contributed by atoms with van der Waals surface area (Å²) in [7, 11) is 0. The van der Waals surface area contributed by atoms with Crippen LogP contribution in [0.4, 0.5) is 13.2 Å². The number of ether oxygens (including phenoxy) is 1. The molecule has 0 aliphatic carbocycles. The normalized spacial score (nSPS) is 17.3.